The molecule has 2 aromatic rings. The molecule has 164 valence electrons. The molecule has 1 aliphatic heterocycles. The van der Waals surface area contributed by atoms with Crippen LogP contribution in [-0.4, -0.2) is 46.7 Å². The van der Waals surface area contributed by atoms with Crippen molar-refractivity contribution in [2.45, 2.75) is 59.4 Å². The molecule has 0 bridgehead atoms. The molecule has 3 rings (SSSR count). The van der Waals surface area contributed by atoms with E-state index in [-0.39, 0.29) is 11.3 Å². The normalized spacial score (nSPS) is 15.4. The van der Waals surface area contributed by atoms with Crippen LogP contribution < -0.4 is 0 Å². The van der Waals surface area contributed by atoms with Gasteiger partial charge in [-0.1, -0.05) is 36.7 Å². The van der Waals surface area contributed by atoms with E-state index < -0.39 is 0 Å². The highest BCUT2D eigenvalue weighted by molar-refractivity contribution is 9.10. The van der Waals surface area contributed by atoms with Crippen LogP contribution in [0.15, 0.2) is 28.9 Å². The van der Waals surface area contributed by atoms with Crippen molar-refractivity contribution in [2.75, 3.05) is 26.3 Å². The van der Waals surface area contributed by atoms with E-state index in [1.54, 1.807) is 0 Å². The van der Waals surface area contributed by atoms with E-state index in [0.717, 1.165) is 54.2 Å². The Balaban J connectivity index is 1.98. The standard InChI is InChI=1S/C24H34BrN3O2/c1-6-27(7-2)22(29)19-12-18(13-20(25)14-19)21-16-28(23(26-21)24(3,4)5)15-17-8-10-30-11-9-17/h12-14,16-17H,6-11,15H2,1-5H3. The van der Waals surface area contributed by atoms with Gasteiger partial charge in [-0.15, -0.1) is 0 Å². The molecule has 1 amide bonds. The zero-order valence-electron chi connectivity index (χ0n) is 18.9. The largest absolute Gasteiger partial charge is 0.381 e. The summed E-state index contributed by atoms with van der Waals surface area (Å²) in [5, 5.41) is 0. The Bertz CT molecular complexity index is 875. The van der Waals surface area contributed by atoms with Crippen molar-refractivity contribution in [3.05, 3.63) is 40.3 Å². The van der Waals surface area contributed by atoms with Gasteiger partial charge in [-0.05, 0) is 50.8 Å². The first-order chi connectivity index (χ1) is 14.2. The molecule has 0 spiro atoms. The van der Waals surface area contributed by atoms with Crippen molar-refractivity contribution in [1.29, 1.82) is 0 Å². The molecule has 0 saturated carbocycles. The van der Waals surface area contributed by atoms with Crippen LogP contribution in [-0.2, 0) is 16.7 Å². The highest BCUT2D eigenvalue weighted by Crippen LogP contribution is 2.30. The lowest BCUT2D eigenvalue weighted by Gasteiger charge is -2.25. The number of rotatable bonds is 6. The van der Waals surface area contributed by atoms with E-state index in [1.165, 1.54) is 0 Å². The van der Waals surface area contributed by atoms with Gasteiger partial charge in [0.15, 0.2) is 0 Å². The summed E-state index contributed by atoms with van der Waals surface area (Å²) in [6.07, 6.45) is 4.34. The Kier molecular flexibility index (Phi) is 7.40. The minimum atomic E-state index is -0.0602. The molecule has 6 heteroatoms. The monoisotopic (exact) mass is 475 g/mol. The van der Waals surface area contributed by atoms with E-state index in [0.29, 0.717) is 24.6 Å². The average Bonchev–Trinajstić information content (AvgIpc) is 3.13. The van der Waals surface area contributed by atoms with Gasteiger partial charge in [0.05, 0.1) is 5.69 Å². The maximum absolute atomic E-state index is 12.9. The number of hydrogen-bond acceptors (Lipinski definition) is 3. The van der Waals surface area contributed by atoms with Crippen LogP contribution in [0.2, 0.25) is 0 Å². The van der Waals surface area contributed by atoms with Crippen LogP contribution in [0, 0.1) is 5.92 Å². The summed E-state index contributed by atoms with van der Waals surface area (Å²) in [7, 11) is 0. The van der Waals surface area contributed by atoms with Gasteiger partial charge in [-0.25, -0.2) is 4.98 Å². The van der Waals surface area contributed by atoms with Crippen LogP contribution in [0.3, 0.4) is 0 Å². The molecule has 1 saturated heterocycles. The molecule has 0 N–H and O–H groups in total. The second-order valence-corrected chi connectivity index (χ2v) is 10.0. The van der Waals surface area contributed by atoms with Crippen LogP contribution in [0.4, 0.5) is 0 Å². The lowest BCUT2D eigenvalue weighted by molar-refractivity contribution is 0.0607. The molecule has 0 atom stereocenters. The smallest absolute Gasteiger partial charge is 0.253 e. The number of benzene rings is 1. The minimum Gasteiger partial charge on any atom is -0.381 e. The number of ether oxygens (including phenoxy) is 1. The summed E-state index contributed by atoms with van der Waals surface area (Å²) in [6.45, 7) is 14.7. The highest BCUT2D eigenvalue weighted by atomic mass is 79.9. The van der Waals surface area contributed by atoms with E-state index in [2.05, 4.69) is 47.5 Å². The molecule has 1 aromatic carbocycles. The summed E-state index contributed by atoms with van der Waals surface area (Å²) >= 11 is 3.60. The van der Waals surface area contributed by atoms with Gasteiger partial charge in [0.25, 0.3) is 5.91 Å². The van der Waals surface area contributed by atoms with Crippen LogP contribution >= 0.6 is 15.9 Å². The molecule has 30 heavy (non-hydrogen) atoms. The molecule has 1 aromatic heterocycles. The molecule has 1 fully saturated rings. The molecular weight excluding hydrogens is 442 g/mol. The van der Waals surface area contributed by atoms with Crippen molar-refractivity contribution < 1.29 is 9.53 Å². The van der Waals surface area contributed by atoms with Gasteiger partial charge in [-0.2, -0.15) is 0 Å². The van der Waals surface area contributed by atoms with Crippen molar-refractivity contribution >= 4 is 21.8 Å². The second kappa shape index (κ2) is 9.65. The number of carbonyl (C=O) groups excluding carboxylic acids is 1. The first kappa shape index (κ1) is 23.0. The zero-order chi connectivity index (χ0) is 21.9. The van der Waals surface area contributed by atoms with Crippen LogP contribution in [0.1, 0.15) is 63.6 Å². The summed E-state index contributed by atoms with van der Waals surface area (Å²) in [4.78, 5) is 19.8. The van der Waals surface area contributed by atoms with Gasteiger partial charge in [-0.3, -0.25) is 4.79 Å². The van der Waals surface area contributed by atoms with Crippen molar-refractivity contribution in [3.8, 4) is 11.3 Å². The first-order valence-electron chi connectivity index (χ1n) is 11.0. The third-order valence-corrected chi connectivity index (χ3v) is 6.19. The third-order valence-electron chi connectivity index (χ3n) is 5.73. The van der Waals surface area contributed by atoms with E-state index in [4.69, 9.17) is 9.72 Å². The summed E-state index contributed by atoms with van der Waals surface area (Å²) in [6, 6.07) is 5.92. The fourth-order valence-electron chi connectivity index (χ4n) is 4.05. The van der Waals surface area contributed by atoms with Gasteiger partial charge >= 0.3 is 0 Å². The predicted octanol–water partition coefficient (Wildman–Crippen LogP) is 5.52. The zero-order valence-corrected chi connectivity index (χ0v) is 20.5. The summed E-state index contributed by atoms with van der Waals surface area (Å²) < 4.78 is 8.74. The molecule has 0 unspecified atom stereocenters. The van der Waals surface area contributed by atoms with Crippen molar-refractivity contribution in [2.24, 2.45) is 5.92 Å². The topological polar surface area (TPSA) is 47.4 Å². The fraction of sp³-hybridized carbons (Fsp3) is 0.583. The van der Waals surface area contributed by atoms with E-state index >= 15 is 0 Å². The Hall–Kier alpha value is -1.66. The number of amides is 1. The quantitative estimate of drug-likeness (QED) is 0.552. The Labute approximate surface area is 188 Å². The first-order valence-corrected chi connectivity index (χ1v) is 11.8. The Morgan fingerprint density at radius 3 is 2.47 bits per heavy atom. The van der Waals surface area contributed by atoms with Crippen LogP contribution in [0.25, 0.3) is 11.3 Å². The summed E-state index contributed by atoms with van der Waals surface area (Å²) in [5.41, 5.74) is 2.52. The molecule has 1 aliphatic rings. The number of nitrogens with zero attached hydrogens (tertiary/aromatic N) is 3. The van der Waals surface area contributed by atoms with Gasteiger partial charge in [0.2, 0.25) is 0 Å². The number of halogens is 1. The SMILES string of the molecule is CCN(CC)C(=O)c1cc(Br)cc(-c2cn(CC3CCOCC3)c(C(C)(C)C)n2)c1. The van der Waals surface area contributed by atoms with E-state index in [9.17, 15) is 4.79 Å². The lowest BCUT2D eigenvalue weighted by atomic mass is 9.94. The van der Waals surface area contributed by atoms with Crippen LogP contribution in [0.5, 0.6) is 0 Å². The summed E-state index contributed by atoms with van der Waals surface area (Å²) in [5.74, 6) is 1.75. The Morgan fingerprint density at radius 1 is 1.20 bits per heavy atom. The third kappa shape index (κ3) is 5.33. The average molecular weight is 476 g/mol. The molecule has 0 radical (unpaired) electrons. The second-order valence-electron chi connectivity index (χ2n) is 9.11. The fourth-order valence-corrected chi connectivity index (χ4v) is 4.55. The molecule has 5 nitrogen and oxygen atoms in total. The van der Waals surface area contributed by atoms with Crippen molar-refractivity contribution in [1.82, 2.24) is 14.5 Å². The number of aromatic nitrogens is 2. The van der Waals surface area contributed by atoms with E-state index in [1.807, 2.05) is 36.9 Å². The Morgan fingerprint density at radius 2 is 1.87 bits per heavy atom. The number of carbonyl (C=O) groups is 1. The van der Waals surface area contributed by atoms with Gasteiger partial charge in [0, 0.05) is 60.1 Å². The number of imidazole rings is 1. The lowest BCUT2D eigenvalue weighted by Crippen LogP contribution is -2.30. The predicted molar refractivity (Wildman–Crippen MR) is 125 cm³/mol. The number of hydrogen-bond donors (Lipinski definition) is 0. The maximum atomic E-state index is 12.9. The molecular formula is C24H34BrN3O2. The van der Waals surface area contributed by atoms with Gasteiger partial charge in [0.1, 0.15) is 5.82 Å². The van der Waals surface area contributed by atoms with Gasteiger partial charge < -0.3 is 14.2 Å². The highest BCUT2D eigenvalue weighted by Gasteiger charge is 2.25. The maximum Gasteiger partial charge on any atom is 0.253 e. The minimum absolute atomic E-state index is 0.0558. The molecule has 2 heterocycles. The van der Waals surface area contributed by atoms with Crippen molar-refractivity contribution in [3.63, 3.8) is 0 Å². The molecule has 0 aliphatic carbocycles.